The van der Waals surface area contributed by atoms with Gasteiger partial charge in [0, 0.05) is 17.8 Å². The van der Waals surface area contributed by atoms with Crippen molar-refractivity contribution < 1.29 is 9.90 Å². The molecule has 0 bridgehead atoms. The lowest BCUT2D eigenvalue weighted by Gasteiger charge is -1.92. The van der Waals surface area contributed by atoms with Crippen LogP contribution in [0.25, 0.3) is 0 Å². The molecule has 0 saturated carbocycles. The van der Waals surface area contributed by atoms with Crippen LogP contribution in [0.4, 0.5) is 0 Å². The third kappa shape index (κ3) is 1.56. The number of hydrogen-bond donors (Lipinski definition) is 1. The largest absolute Gasteiger partial charge is 0.476 e. The van der Waals surface area contributed by atoms with Crippen LogP contribution in [-0.2, 0) is 0 Å². The average molecular weight is 175 g/mol. The van der Waals surface area contributed by atoms with Gasteiger partial charge in [-0.3, -0.25) is 4.79 Å². The van der Waals surface area contributed by atoms with Crippen molar-refractivity contribution in [3.8, 4) is 0 Å². The number of nitrogens with zero attached hydrogens (tertiary/aromatic N) is 2. The number of hydrogen-bond acceptors (Lipinski definition) is 3. The number of carboxylic acid groups (broad SMARTS) is 1. The van der Waals surface area contributed by atoms with Crippen molar-refractivity contribution in [3.63, 3.8) is 0 Å². The molecule has 58 valence electrons. The van der Waals surface area contributed by atoms with Crippen LogP contribution in [0.3, 0.4) is 0 Å². The van der Waals surface area contributed by atoms with E-state index in [2.05, 4.69) is 5.10 Å². The van der Waals surface area contributed by atoms with Crippen molar-refractivity contribution in [1.29, 1.82) is 0 Å². The van der Waals surface area contributed by atoms with Gasteiger partial charge in [-0.2, -0.15) is 0 Å². The van der Waals surface area contributed by atoms with E-state index in [1.54, 1.807) is 0 Å². The minimum atomic E-state index is -1.22. The Labute approximate surface area is 65.9 Å². The Kier molecular flexibility index (Phi) is 1.91. The predicted molar refractivity (Wildman–Crippen MR) is 36.7 cm³/mol. The zero-order valence-corrected chi connectivity index (χ0v) is 5.95. The van der Waals surface area contributed by atoms with Crippen LogP contribution in [0, 0.1) is 0 Å². The summed E-state index contributed by atoms with van der Waals surface area (Å²) in [6, 6.07) is 2.12. The molecule has 0 atom stereocenters. The topological polar surface area (TPSA) is 72.2 Å². The fourth-order valence-electron chi connectivity index (χ4n) is 0.503. The van der Waals surface area contributed by atoms with Gasteiger partial charge in [-0.25, -0.2) is 4.79 Å². The molecule has 0 radical (unpaired) electrons. The summed E-state index contributed by atoms with van der Waals surface area (Å²) in [5, 5.41) is 11.6. The number of aromatic carboxylic acids is 1. The molecule has 0 saturated heterocycles. The fourth-order valence-corrected chi connectivity index (χ4v) is 0.641. The van der Waals surface area contributed by atoms with Gasteiger partial charge in [-0.1, -0.05) is 0 Å². The maximum atomic E-state index is 10.6. The van der Waals surface area contributed by atoms with Gasteiger partial charge in [0.1, 0.15) is 0 Å². The smallest absolute Gasteiger partial charge is 0.356 e. The molecule has 0 spiro atoms. The lowest BCUT2D eigenvalue weighted by molar-refractivity contribution is 0.0688. The number of rotatable bonds is 1. The fraction of sp³-hybridized carbons (Fsp3) is 0. The summed E-state index contributed by atoms with van der Waals surface area (Å²) in [6.07, 6.45) is 0. The predicted octanol–water partition coefficient (Wildman–Crippen LogP) is -0.0566. The summed E-state index contributed by atoms with van der Waals surface area (Å²) in [6.45, 7) is 0. The van der Waals surface area contributed by atoms with Crippen LogP contribution in [-0.4, -0.2) is 20.4 Å². The summed E-state index contributed by atoms with van der Waals surface area (Å²) >= 11 is 5.19. The monoisotopic (exact) mass is 174 g/mol. The molecule has 1 N–H and O–H groups in total. The SMILES string of the molecule is O=C(O)c1ccc(=O)n(Cl)n1. The summed E-state index contributed by atoms with van der Waals surface area (Å²) in [4.78, 5) is 20.8. The van der Waals surface area contributed by atoms with E-state index in [0.717, 1.165) is 12.1 Å². The number of aromatic nitrogens is 2. The quantitative estimate of drug-likeness (QED) is 0.648. The summed E-state index contributed by atoms with van der Waals surface area (Å²) in [5.41, 5.74) is -0.823. The number of carboxylic acids is 1. The Bertz CT molecular complexity index is 346. The average Bonchev–Trinajstić information content (AvgIpc) is 1.94. The number of halogens is 1. The highest BCUT2D eigenvalue weighted by atomic mass is 35.5. The highest BCUT2D eigenvalue weighted by Crippen LogP contribution is 1.89. The molecule has 1 aromatic rings. The molecule has 0 fully saturated rings. The molecule has 6 heteroatoms. The summed E-state index contributed by atoms with van der Waals surface area (Å²) in [5.74, 6) is -1.22. The van der Waals surface area contributed by atoms with E-state index >= 15 is 0 Å². The van der Waals surface area contributed by atoms with Crippen LogP contribution in [0.2, 0.25) is 0 Å². The second-order valence-electron chi connectivity index (χ2n) is 1.72. The third-order valence-corrected chi connectivity index (χ3v) is 1.22. The van der Waals surface area contributed by atoms with E-state index in [4.69, 9.17) is 16.9 Å². The van der Waals surface area contributed by atoms with Crippen LogP contribution in [0.5, 0.6) is 0 Å². The first kappa shape index (κ1) is 7.74. The molecule has 11 heavy (non-hydrogen) atoms. The summed E-state index contributed by atoms with van der Waals surface area (Å²) < 4.78 is 0.448. The molecule has 0 aromatic carbocycles. The second-order valence-corrected chi connectivity index (χ2v) is 2.04. The van der Waals surface area contributed by atoms with Gasteiger partial charge >= 0.3 is 5.97 Å². The van der Waals surface area contributed by atoms with Gasteiger partial charge in [0.15, 0.2) is 5.69 Å². The van der Waals surface area contributed by atoms with E-state index in [1.165, 1.54) is 0 Å². The van der Waals surface area contributed by atoms with Crippen molar-refractivity contribution in [1.82, 2.24) is 9.30 Å². The second kappa shape index (κ2) is 2.71. The Balaban J connectivity index is 3.26. The van der Waals surface area contributed by atoms with E-state index < -0.39 is 11.5 Å². The highest BCUT2D eigenvalue weighted by molar-refractivity contribution is 6.14. The molecule has 0 amide bonds. The molecule has 0 aliphatic heterocycles. The molecule has 1 heterocycles. The molecular formula is C5H3ClN2O3. The molecule has 0 aliphatic carbocycles. The summed E-state index contributed by atoms with van der Waals surface area (Å²) in [7, 11) is 0. The first-order chi connectivity index (χ1) is 5.11. The molecule has 1 rings (SSSR count). The van der Waals surface area contributed by atoms with Crippen molar-refractivity contribution in [2.75, 3.05) is 0 Å². The Morgan fingerprint density at radius 3 is 2.73 bits per heavy atom. The van der Waals surface area contributed by atoms with Crippen LogP contribution in [0.1, 0.15) is 10.5 Å². The van der Waals surface area contributed by atoms with Gasteiger partial charge in [0.2, 0.25) is 0 Å². The zero-order valence-electron chi connectivity index (χ0n) is 5.19. The van der Waals surface area contributed by atoms with Gasteiger partial charge in [0.05, 0.1) is 0 Å². The standard InChI is InChI=1S/C5H3ClN2O3/c6-8-4(9)2-1-3(7-8)5(10)11/h1-2H,(H,10,11). The first-order valence-electron chi connectivity index (χ1n) is 2.61. The van der Waals surface area contributed by atoms with Crippen molar-refractivity contribution in [2.24, 2.45) is 0 Å². The van der Waals surface area contributed by atoms with Gasteiger partial charge in [0.25, 0.3) is 5.56 Å². The van der Waals surface area contributed by atoms with Crippen LogP contribution in [0.15, 0.2) is 16.9 Å². The Hall–Kier alpha value is -1.36. The third-order valence-electron chi connectivity index (χ3n) is 0.980. The maximum Gasteiger partial charge on any atom is 0.356 e. The Morgan fingerprint density at radius 1 is 1.64 bits per heavy atom. The van der Waals surface area contributed by atoms with Crippen molar-refractivity contribution in [2.45, 2.75) is 0 Å². The minimum absolute atomic E-state index is 0.264. The normalized spacial score (nSPS) is 9.55. The van der Waals surface area contributed by atoms with Crippen molar-refractivity contribution in [3.05, 3.63) is 28.2 Å². The highest BCUT2D eigenvalue weighted by Gasteiger charge is 2.04. The first-order valence-corrected chi connectivity index (χ1v) is 2.95. The maximum absolute atomic E-state index is 10.6. The molecule has 0 aliphatic rings. The van der Waals surface area contributed by atoms with Gasteiger partial charge < -0.3 is 5.11 Å². The van der Waals surface area contributed by atoms with E-state index in [1.807, 2.05) is 0 Å². The minimum Gasteiger partial charge on any atom is -0.476 e. The van der Waals surface area contributed by atoms with E-state index in [-0.39, 0.29) is 5.69 Å². The molecule has 5 nitrogen and oxygen atoms in total. The van der Waals surface area contributed by atoms with Gasteiger partial charge in [-0.15, -0.1) is 9.30 Å². The lowest BCUT2D eigenvalue weighted by Crippen LogP contribution is -2.17. The van der Waals surface area contributed by atoms with Crippen molar-refractivity contribution >= 4 is 17.7 Å². The van der Waals surface area contributed by atoms with Crippen LogP contribution < -0.4 is 5.56 Å². The van der Waals surface area contributed by atoms with Crippen LogP contribution >= 0.6 is 11.8 Å². The lowest BCUT2D eigenvalue weighted by atomic mass is 10.4. The molecular weight excluding hydrogens is 172 g/mol. The van der Waals surface area contributed by atoms with E-state index in [0.29, 0.717) is 4.20 Å². The van der Waals surface area contributed by atoms with E-state index in [9.17, 15) is 9.59 Å². The Morgan fingerprint density at radius 2 is 2.27 bits per heavy atom. The zero-order chi connectivity index (χ0) is 8.43. The van der Waals surface area contributed by atoms with Gasteiger partial charge in [-0.05, 0) is 6.07 Å². The molecule has 0 unspecified atom stereocenters. The molecule has 1 aromatic heterocycles. The number of carbonyl (C=O) groups is 1.